The molecule has 3 nitrogen and oxygen atoms in total. The predicted octanol–water partition coefficient (Wildman–Crippen LogP) is 5.21. The smallest absolute Gasteiger partial charge is 0.0819 e. The Hall–Kier alpha value is -2.01. The van der Waals surface area contributed by atoms with Gasteiger partial charge in [0.05, 0.1) is 17.0 Å². The monoisotopic (exact) mass is 347 g/mol. The maximum Gasteiger partial charge on any atom is 0.0819 e. The van der Waals surface area contributed by atoms with Gasteiger partial charge in [-0.3, -0.25) is 4.99 Å². The first kappa shape index (κ1) is 20.0. The van der Waals surface area contributed by atoms with Gasteiger partial charge in [0.2, 0.25) is 0 Å². The van der Waals surface area contributed by atoms with Crippen molar-refractivity contribution in [2.75, 3.05) is 18.0 Å². The molecule has 24 heavy (non-hydrogen) atoms. The third-order valence-corrected chi connectivity index (χ3v) is 4.07. The minimum absolute atomic E-state index is 0.228. The number of nitrogen functional groups attached to an aromatic ring is 2. The summed E-state index contributed by atoms with van der Waals surface area (Å²) in [6, 6.07) is 11.3. The van der Waals surface area contributed by atoms with E-state index in [4.69, 9.17) is 11.5 Å². The molecule has 0 aromatic heterocycles. The maximum absolute atomic E-state index is 13.1. The molecule has 0 aliphatic heterocycles. The Morgan fingerprint density at radius 2 is 1.75 bits per heavy atom. The van der Waals surface area contributed by atoms with Crippen LogP contribution in [0.5, 0.6) is 0 Å². The fraction of sp³-hybridized carbons (Fsp3) is 0.316. The number of hydrogen-bond donors (Lipinski definition) is 2. The van der Waals surface area contributed by atoms with Crippen molar-refractivity contribution in [2.45, 2.75) is 39.0 Å². The molecule has 4 N–H and O–H groups in total. The molecule has 0 fully saturated rings. The highest BCUT2D eigenvalue weighted by Gasteiger charge is 2.09. The van der Waals surface area contributed by atoms with Gasteiger partial charge in [0.15, 0.2) is 0 Å². The van der Waals surface area contributed by atoms with Crippen LogP contribution in [-0.4, -0.2) is 12.3 Å². The van der Waals surface area contributed by atoms with Crippen molar-refractivity contribution < 1.29 is 3.89 Å². The lowest BCUT2D eigenvalue weighted by atomic mass is 10.1. The molecular weight excluding hydrogens is 321 g/mol. The van der Waals surface area contributed by atoms with Crippen molar-refractivity contribution in [3.05, 3.63) is 53.1 Å². The van der Waals surface area contributed by atoms with Crippen molar-refractivity contribution in [3.8, 4) is 0 Å². The summed E-state index contributed by atoms with van der Waals surface area (Å²) >= 11 is 0.228. The fourth-order valence-corrected chi connectivity index (χ4v) is 2.68. The van der Waals surface area contributed by atoms with E-state index in [1.54, 1.807) is 12.1 Å². The molecule has 0 unspecified atom stereocenters. The largest absolute Gasteiger partial charge is 0.399 e. The molecule has 0 amide bonds. The van der Waals surface area contributed by atoms with Gasteiger partial charge in [-0.2, -0.15) is 3.89 Å². The Morgan fingerprint density at radius 1 is 1.12 bits per heavy atom. The summed E-state index contributed by atoms with van der Waals surface area (Å²) in [6.45, 7) is 8.39. The van der Waals surface area contributed by atoms with E-state index in [1.165, 1.54) is 5.56 Å². The van der Waals surface area contributed by atoms with E-state index in [0.717, 1.165) is 28.9 Å². The molecule has 0 saturated carbocycles. The predicted molar refractivity (Wildman–Crippen MR) is 106 cm³/mol. The quantitative estimate of drug-likeness (QED) is 0.576. The van der Waals surface area contributed by atoms with Gasteiger partial charge >= 0.3 is 0 Å². The highest BCUT2D eigenvalue weighted by molar-refractivity contribution is 7.94. The van der Waals surface area contributed by atoms with E-state index in [1.807, 2.05) is 52.0 Å². The number of nitrogens with zero attached hydrogens (tertiary/aromatic N) is 1. The topological polar surface area (TPSA) is 64.4 Å². The lowest BCUT2D eigenvalue weighted by Gasteiger charge is -2.09. The molecule has 0 spiro atoms. The Balaban J connectivity index is 0.00000139. The molecular formula is C19H26FN3S. The molecule has 0 radical (unpaired) electrons. The van der Waals surface area contributed by atoms with Crippen LogP contribution in [0.2, 0.25) is 0 Å². The molecule has 2 aromatic carbocycles. The third kappa shape index (κ3) is 5.57. The van der Waals surface area contributed by atoms with Gasteiger partial charge in [0.1, 0.15) is 0 Å². The van der Waals surface area contributed by atoms with Gasteiger partial charge in [0.25, 0.3) is 0 Å². The zero-order chi connectivity index (χ0) is 18.1. The van der Waals surface area contributed by atoms with E-state index in [2.05, 4.69) is 4.99 Å². The summed E-state index contributed by atoms with van der Waals surface area (Å²) in [6.07, 6.45) is 0.817. The van der Waals surface area contributed by atoms with Crippen molar-refractivity contribution in [3.63, 3.8) is 0 Å². The standard InChI is InChI=1S/C17H20FN3S.C2H6/c1-11-9-17(22-18)15(10-16(11)20)12(2)21-8-7-13-3-5-14(19)6-4-13;1-2/h3-6,9-10H,7-8,19-20H2,1-2H3;1-2H3. The lowest BCUT2D eigenvalue weighted by molar-refractivity contribution is 0.932. The van der Waals surface area contributed by atoms with Gasteiger partial charge < -0.3 is 11.5 Å². The second kappa shape index (κ2) is 9.98. The zero-order valence-corrected chi connectivity index (χ0v) is 15.6. The maximum atomic E-state index is 13.1. The molecule has 0 aliphatic carbocycles. The average molecular weight is 348 g/mol. The first-order valence-electron chi connectivity index (χ1n) is 8.06. The fourth-order valence-electron chi connectivity index (χ4n) is 2.17. The number of anilines is 2. The Bertz CT molecular complexity index is 682. The molecule has 5 heteroatoms. The highest BCUT2D eigenvalue weighted by atomic mass is 32.2. The Kier molecular flexibility index (Phi) is 8.33. The highest BCUT2D eigenvalue weighted by Crippen LogP contribution is 2.28. The molecule has 0 aliphatic rings. The third-order valence-electron chi connectivity index (χ3n) is 3.57. The Morgan fingerprint density at radius 3 is 2.33 bits per heavy atom. The molecule has 0 heterocycles. The van der Waals surface area contributed by atoms with Gasteiger partial charge in [-0.15, -0.1) is 0 Å². The van der Waals surface area contributed by atoms with Gasteiger partial charge in [-0.25, -0.2) is 0 Å². The summed E-state index contributed by atoms with van der Waals surface area (Å²) in [5.74, 6) is 0. The zero-order valence-electron chi connectivity index (χ0n) is 14.8. The number of benzene rings is 2. The van der Waals surface area contributed by atoms with Gasteiger partial charge in [-0.05, 0) is 55.7 Å². The number of aryl methyl sites for hydroxylation is 1. The minimum atomic E-state index is 0.228. The normalized spacial score (nSPS) is 11.0. The van der Waals surface area contributed by atoms with Crippen LogP contribution in [0, 0.1) is 6.92 Å². The molecule has 0 bridgehead atoms. The van der Waals surface area contributed by atoms with Crippen molar-refractivity contribution in [2.24, 2.45) is 4.99 Å². The summed E-state index contributed by atoms with van der Waals surface area (Å²) in [7, 11) is 0. The Labute approximate surface area is 148 Å². The van der Waals surface area contributed by atoms with E-state index in [9.17, 15) is 3.89 Å². The van der Waals surface area contributed by atoms with E-state index in [-0.39, 0.29) is 12.1 Å². The van der Waals surface area contributed by atoms with Crippen LogP contribution >= 0.6 is 12.1 Å². The van der Waals surface area contributed by atoms with Gasteiger partial charge in [0, 0.05) is 29.2 Å². The van der Waals surface area contributed by atoms with Crippen LogP contribution in [-0.2, 0) is 6.42 Å². The SMILES string of the molecule is CC.CC(=NCCc1ccc(N)cc1)c1cc(N)c(C)cc1SF. The van der Waals surface area contributed by atoms with Crippen molar-refractivity contribution in [1.29, 1.82) is 0 Å². The van der Waals surface area contributed by atoms with Crippen LogP contribution in [0.25, 0.3) is 0 Å². The molecule has 0 saturated heterocycles. The number of nitrogens with two attached hydrogens (primary N) is 2. The number of hydrogen-bond acceptors (Lipinski definition) is 4. The van der Waals surface area contributed by atoms with E-state index in [0.29, 0.717) is 17.1 Å². The first-order valence-corrected chi connectivity index (χ1v) is 8.77. The summed E-state index contributed by atoms with van der Waals surface area (Å²) < 4.78 is 13.1. The average Bonchev–Trinajstić information content (AvgIpc) is 2.60. The van der Waals surface area contributed by atoms with Crippen molar-refractivity contribution >= 4 is 29.2 Å². The number of rotatable bonds is 5. The second-order valence-electron chi connectivity index (χ2n) is 5.24. The van der Waals surface area contributed by atoms with Crippen LogP contribution in [0.3, 0.4) is 0 Å². The number of halogens is 1. The second-order valence-corrected chi connectivity index (χ2v) is 5.83. The molecule has 0 atom stereocenters. The summed E-state index contributed by atoms with van der Waals surface area (Å²) in [4.78, 5) is 5.10. The summed E-state index contributed by atoms with van der Waals surface area (Å²) in [5.41, 5.74) is 16.6. The van der Waals surface area contributed by atoms with Crippen LogP contribution in [0.4, 0.5) is 15.3 Å². The lowest BCUT2D eigenvalue weighted by Crippen LogP contribution is -2.03. The first-order chi connectivity index (χ1) is 11.5. The minimum Gasteiger partial charge on any atom is -0.399 e. The van der Waals surface area contributed by atoms with Crippen LogP contribution in [0.15, 0.2) is 46.3 Å². The van der Waals surface area contributed by atoms with E-state index >= 15 is 0 Å². The molecule has 2 rings (SSSR count). The van der Waals surface area contributed by atoms with Crippen LogP contribution in [0.1, 0.15) is 37.5 Å². The number of aliphatic imine (C=N–C) groups is 1. The molecule has 130 valence electrons. The van der Waals surface area contributed by atoms with E-state index < -0.39 is 0 Å². The van der Waals surface area contributed by atoms with Crippen LogP contribution < -0.4 is 11.5 Å². The van der Waals surface area contributed by atoms with Crippen molar-refractivity contribution in [1.82, 2.24) is 0 Å². The molecule has 2 aromatic rings. The van der Waals surface area contributed by atoms with Gasteiger partial charge in [-0.1, -0.05) is 26.0 Å². The summed E-state index contributed by atoms with van der Waals surface area (Å²) in [5, 5.41) is 0.